The van der Waals surface area contributed by atoms with Gasteiger partial charge in [-0.05, 0) is 55.5 Å². The van der Waals surface area contributed by atoms with Crippen molar-refractivity contribution in [2.75, 3.05) is 111 Å². The Morgan fingerprint density at radius 3 is 2.16 bits per heavy atom. The van der Waals surface area contributed by atoms with Crippen LogP contribution in [0.25, 0.3) is 22.5 Å². The number of carbonyl (C=O) groups excluding carboxylic acids is 7. The van der Waals surface area contributed by atoms with Gasteiger partial charge in [0.25, 0.3) is 0 Å². The number of carbonyl (C=O) groups is 7. The number of fused-ring (bicyclic) bond motifs is 9. The van der Waals surface area contributed by atoms with Gasteiger partial charge in [-0.2, -0.15) is 15.4 Å². The molecular weight excluding hydrogens is 1250 g/mol. The molecule has 4 aromatic rings. The first-order chi connectivity index (χ1) is 45.6. The van der Waals surface area contributed by atoms with Crippen molar-refractivity contribution in [1.82, 2.24) is 35.8 Å². The highest BCUT2D eigenvalue weighted by Gasteiger charge is 2.49. The van der Waals surface area contributed by atoms with Crippen molar-refractivity contribution in [3.8, 4) is 22.5 Å². The molecule has 7 rings (SSSR count). The zero-order valence-corrected chi connectivity index (χ0v) is 56.5. The zero-order chi connectivity index (χ0) is 68.8. The average Bonchev–Trinajstić information content (AvgIpc) is 1.76. The number of rotatable bonds is 28. The Morgan fingerprint density at radius 2 is 1.47 bits per heavy atom. The van der Waals surface area contributed by atoms with Gasteiger partial charge in [-0.15, -0.1) is 0 Å². The van der Waals surface area contributed by atoms with E-state index in [2.05, 4.69) is 26.0 Å². The number of methoxy groups -OCH3 is 2. The number of anilines is 2. The Labute approximate surface area is 559 Å². The molecule has 5 N–H and O–H groups in total. The number of esters is 1. The van der Waals surface area contributed by atoms with Gasteiger partial charge in [0.2, 0.25) is 29.5 Å². The number of ether oxygens (including phenoxy) is 8. The van der Waals surface area contributed by atoms with E-state index >= 15 is 0 Å². The number of aliphatic hydroxyl groups is 2. The molecule has 1 unspecified atom stereocenters. The number of allylic oxidation sites excluding steroid dienone is 3. The summed E-state index contributed by atoms with van der Waals surface area (Å²) in [5, 5.41) is 39.3. The Morgan fingerprint density at radius 1 is 0.832 bits per heavy atom. The largest absolute Gasteiger partial charge is 0.460 e. The average molecular weight is 1340 g/mol. The molecule has 1 fully saturated rings. The second-order valence-corrected chi connectivity index (χ2v) is 24.4. The first-order valence-electron chi connectivity index (χ1n) is 32.0. The molecule has 4 bridgehead atoms. The molecule has 0 radical (unpaired) electrons. The third-order valence-electron chi connectivity index (χ3n) is 17.4. The van der Waals surface area contributed by atoms with E-state index in [-0.39, 0.29) is 101 Å². The summed E-state index contributed by atoms with van der Waals surface area (Å²) in [5.41, 5.74) is 5.11. The maximum Gasteiger partial charge on any atom is 0.409 e. The SMILES string of the molecule is CO[C@@H]1C(C)[C@@H](OC(=O)[C@H](C)N(C)C(=O)CCCC(=O)N(C)CCOCCOCCOCCOCCC(=O)NCCC(=O)N2Cc3ccccc3-c3n[nH]nc3-c3ccccc32)CC(=O)N(C)c2cc(cc(CO)c2Cl)C/C(C)=C\C=C\[C@@H](OC)[C@@]2(O)C[C@H](OC(=O)N2)[C@H]1C. The molecule has 27 heteroatoms. The lowest BCUT2D eigenvalue weighted by atomic mass is 9.81. The number of para-hydroxylation sites is 1. The van der Waals surface area contributed by atoms with Gasteiger partial charge in [0.15, 0.2) is 5.72 Å². The Bertz CT molecular complexity index is 3330. The fourth-order valence-electron chi connectivity index (χ4n) is 11.7. The number of aromatic amines is 1. The Balaban J connectivity index is 0.775. The molecule has 6 amide bonds. The summed E-state index contributed by atoms with van der Waals surface area (Å²) in [4.78, 5) is 100. The maximum atomic E-state index is 14.4. The summed E-state index contributed by atoms with van der Waals surface area (Å²) in [5.74, 6) is -3.74. The van der Waals surface area contributed by atoms with Gasteiger partial charge in [0, 0.05) is 104 Å². The van der Waals surface area contributed by atoms with Gasteiger partial charge < -0.3 is 73.0 Å². The van der Waals surface area contributed by atoms with Crippen molar-refractivity contribution < 1.29 is 81.7 Å². The van der Waals surface area contributed by atoms with Crippen LogP contribution in [0, 0.1) is 11.8 Å². The summed E-state index contributed by atoms with van der Waals surface area (Å²) < 4.78 is 46.1. The quantitative estimate of drug-likeness (QED) is 0.0318. The van der Waals surface area contributed by atoms with E-state index in [0.29, 0.717) is 68.6 Å². The van der Waals surface area contributed by atoms with Gasteiger partial charge in [-0.1, -0.05) is 97.8 Å². The minimum absolute atomic E-state index is 0.0531. The van der Waals surface area contributed by atoms with E-state index in [9.17, 15) is 43.8 Å². The topological polar surface area (TPSA) is 312 Å². The predicted molar refractivity (Wildman–Crippen MR) is 352 cm³/mol. The van der Waals surface area contributed by atoms with Gasteiger partial charge >= 0.3 is 12.1 Å². The van der Waals surface area contributed by atoms with E-state index in [0.717, 1.165) is 33.5 Å². The summed E-state index contributed by atoms with van der Waals surface area (Å²) in [6.07, 6.45) is 0.572. The molecule has 1 saturated heterocycles. The zero-order valence-electron chi connectivity index (χ0n) is 55.8. The number of amides is 6. The first kappa shape index (κ1) is 74.7. The number of hydrogen-bond donors (Lipinski definition) is 5. The van der Waals surface area contributed by atoms with Crippen molar-refractivity contribution in [3.05, 3.63) is 106 Å². The van der Waals surface area contributed by atoms with E-state index in [1.807, 2.05) is 61.5 Å². The van der Waals surface area contributed by atoms with Gasteiger partial charge in [-0.25, -0.2) is 9.59 Å². The lowest BCUT2D eigenvalue weighted by Crippen LogP contribution is -2.64. The molecule has 95 heavy (non-hydrogen) atoms. The molecule has 3 aliphatic heterocycles. The van der Waals surface area contributed by atoms with Gasteiger partial charge in [-0.3, -0.25) is 29.3 Å². The molecular formula is C68H92ClN9O17. The van der Waals surface area contributed by atoms with E-state index in [1.165, 1.54) is 49.9 Å². The van der Waals surface area contributed by atoms with Gasteiger partial charge in [0.1, 0.15) is 35.7 Å². The van der Waals surface area contributed by atoms with E-state index in [1.54, 1.807) is 50.1 Å². The van der Waals surface area contributed by atoms with Crippen LogP contribution in [0.2, 0.25) is 5.02 Å². The standard InChI is InChI=1S/C68H92ClN9O17/c1-43-16-14-21-56(88-8)68(87)40-55(95-67(86)71-68)45(3)65(89-9)44(2)54(39-61(84)77(7)53-38-47(36-43)37-49(42-79)62(53)69)94-66(85)46(4)76(6)59(82)23-15-22-58(81)75(5)27-29-91-31-33-93-35-34-92-32-30-90-28-25-57(80)70-26-24-60(83)78-41-48-17-10-11-18-50(48)63-64(73-74-72-63)51-19-12-13-20-52(51)78/h10-14,16-21,37-38,44-46,54-56,65,79,87H,15,22-36,39-42H2,1-9H3,(H,70,80)(H,71,86)(H,72,73,74)/b21-14+,43-16-/t44?,45-,46+,54+,55+,56-,65-,68+/m1/s1. The Kier molecular flexibility index (Phi) is 28.7. The number of alkyl carbamates (subject to hydrolysis) is 1. The number of nitrogens with one attached hydrogen (secondary N) is 3. The predicted octanol–water partition coefficient (Wildman–Crippen LogP) is 6.08. The van der Waals surface area contributed by atoms with Crippen LogP contribution in [-0.4, -0.2) is 215 Å². The smallest absolute Gasteiger partial charge is 0.409 e. The second kappa shape index (κ2) is 36.5. The van der Waals surface area contributed by atoms with Gasteiger partial charge in [0.05, 0.1) is 94.9 Å². The van der Waals surface area contributed by atoms with Crippen molar-refractivity contribution in [1.29, 1.82) is 0 Å². The van der Waals surface area contributed by atoms with Crippen molar-refractivity contribution >= 4 is 64.6 Å². The number of likely N-dealkylation sites (N-methyl/N-ethyl adjacent to an activating group) is 2. The summed E-state index contributed by atoms with van der Waals surface area (Å²) in [7, 11) is 7.47. The van der Waals surface area contributed by atoms with Crippen LogP contribution >= 0.6 is 11.6 Å². The van der Waals surface area contributed by atoms with Crippen LogP contribution in [0.15, 0.2) is 84.5 Å². The van der Waals surface area contributed by atoms with E-state index in [4.69, 9.17) is 49.5 Å². The minimum Gasteiger partial charge on any atom is -0.460 e. The second-order valence-electron chi connectivity index (χ2n) is 24.0. The number of H-pyrrole nitrogens is 1. The van der Waals surface area contributed by atoms with Crippen LogP contribution in [-0.2, 0) is 86.2 Å². The molecule has 3 aromatic carbocycles. The highest BCUT2D eigenvalue weighted by atomic mass is 35.5. The van der Waals surface area contributed by atoms with Crippen LogP contribution in [0.5, 0.6) is 0 Å². The van der Waals surface area contributed by atoms with E-state index < -0.39 is 78.5 Å². The minimum atomic E-state index is -1.91. The highest BCUT2D eigenvalue weighted by molar-refractivity contribution is 6.34. The first-order valence-corrected chi connectivity index (χ1v) is 32.4. The molecule has 518 valence electrons. The number of hydrogen-bond acceptors (Lipinski definition) is 19. The molecule has 3 aliphatic rings. The van der Waals surface area contributed by atoms with Crippen molar-refractivity contribution in [2.45, 2.75) is 128 Å². The van der Waals surface area contributed by atoms with Crippen molar-refractivity contribution in [3.63, 3.8) is 0 Å². The van der Waals surface area contributed by atoms with Crippen LogP contribution in [0.4, 0.5) is 16.2 Å². The molecule has 8 atom stereocenters. The lowest BCUT2D eigenvalue weighted by molar-refractivity contribution is -0.169. The molecule has 0 spiro atoms. The summed E-state index contributed by atoms with van der Waals surface area (Å²) in [6, 6.07) is 17.7. The fraction of sp³-hybridized carbons (Fsp3) is 0.544. The summed E-state index contributed by atoms with van der Waals surface area (Å²) in [6.45, 7) is 9.52. The highest BCUT2D eigenvalue weighted by Crippen LogP contribution is 2.41. The molecule has 0 saturated carbocycles. The third-order valence-corrected chi connectivity index (χ3v) is 17.9. The van der Waals surface area contributed by atoms with Crippen LogP contribution < -0.4 is 20.4 Å². The number of benzene rings is 3. The van der Waals surface area contributed by atoms with Crippen LogP contribution in [0.3, 0.4) is 0 Å². The maximum absolute atomic E-state index is 14.4. The van der Waals surface area contributed by atoms with Crippen LogP contribution in [0.1, 0.15) is 89.3 Å². The normalized spacial score (nSPS) is 21.8. The molecule has 26 nitrogen and oxygen atoms in total. The molecule has 0 aliphatic carbocycles. The number of halogens is 1. The number of nitrogens with zero attached hydrogens (tertiary/aromatic N) is 6. The fourth-order valence-corrected chi connectivity index (χ4v) is 12.0. The monoisotopic (exact) mass is 1340 g/mol. The van der Waals surface area contributed by atoms with Crippen molar-refractivity contribution in [2.24, 2.45) is 11.8 Å². The molecule has 1 aromatic heterocycles. The number of aliphatic hydroxyl groups excluding tert-OH is 1. The third kappa shape index (κ3) is 20.4. The summed E-state index contributed by atoms with van der Waals surface area (Å²) >= 11 is 6.81. The Hall–Kier alpha value is -7.66. The number of aromatic nitrogens is 3. The lowest BCUT2D eigenvalue weighted by Gasteiger charge is -2.44. The molecule has 4 heterocycles.